The van der Waals surface area contributed by atoms with Gasteiger partial charge in [-0.05, 0) is 6.07 Å². The van der Waals surface area contributed by atoms with Crippen LogP contribution in [-0.4, -0.2) is 39.4 Å². The average molecular weight is 431 g/mol. The van der Waals surface area contributed by atoms with Crippen molar-refractivity contribution in [1.29, 1.82) is 0 Å². The van der Waals surface area contributed by atoms with Crippen molar-refractivity contribution in [2.75, 3.05) is 33.4 Å². The Kier molecular flexibility index (Phi) is 8.40. The lowest BCUT2D eigenvalue weighted by molar-refractivity contribution is -0.0971. The second-order valence-electron chi connectivity index (χ2n) is 5.79. The summed E-state index contributed by atoms with van der Waals surface area (Å²) < 4.78 is 10.9. The van der Waals surface area contributed by atoms with Crippen LogP contribution in [0.2, 0.25) is 0 Å². The first-order valence-corrected chi connectivity index (χ1v) is 7.51. The van der Waals surface area contributed by atoms with Crippen molar-refractivity contribution >= 4 is 29.9 Å². The van der Waals surface area contributed by atoms with Gasteiger partial charge in [0.2, 0.25) is 0 Å². The highest BCUT2D eigenvalue weighted by Crippen LogP contribution is 2.25. The van der Waals surface area contributed by atoms with Crippen molar-refractivity contribution in [3.8, 4) is 5.75 Å². The van der Waals surface area contributed by atoms with E-state index in [0.29, 0.717) is 13.2 Å². The Bertz CT molecular complexity index is 530. The Morgan fingerprint density at radius 2 is 2.13 bits per heavy atom. The van der Waals surface area contributed by atoms with Gasteiger partial charge in [-0.2, -0.15) is 0 Å². The van der Waals surface area contributed by atoms with Crippen molar-refractivity contribution in [3.05, 3.63) is 42.5 Å². The van der Waals surface area contributed by atoms with Crippen LogP contribution in [0.1, 0.15) is 12.5 Å². The number of nitrogens with zero attached hydrogens (tertiary/aromatic N) is 1. The molecule has 0 aromatic heterocycles. The van der Waals surface area contributed by atoms with E-state index >= 15 is 0 Å². The monoisotopic (exact) mass is 431 g/mol. The molecule has 2 N–H and O–H groups in total. The van der Waals surface area contributed by atoms with Crippen LogP contribution >= 0.6 is 24.0 Å². The minimum absolute atomic E-state index is 0. The van der Waals surface area contributed by atoms with Gasteiger partial charge < -0.3 is 20.1 Å². The van der Waals surface area contributed by atoms with Gasteiger partial charge in [-0.15, -0.1) is 24.0 Å². The molecule has 0 aliphatic carbocycles. The summed E-state index contributed by atoms with van der Waals surface area (Å²) in [6.07, 6.45) is 1.74. The Balaban J connectivity index is 0.00000264. The lowest BCUT2D eigenvalue weighted by Gasteiger charge is -2.38. The maximum Gasteiger partial charge on any atom is 0.191 e. The predicted octanol–water partition coefficient (Wildman–Crippen LogP) is 2.57. The maximum absolute atomic E-state index is 5.66. The Labute approximate surface area is 155 Å². The smallest absolute Gasteiger partial charge is 0.191 e. The van der Waals surface area contributed by atoms with Crippen LogP contribution in [0.3, 0.4) is 0 Å². The van der Waals surface area contributed by atoms with Gasteiger partial charge in [-0.1, -0.05) is 37.8 Å². The highest BCUT2D eigenvalue weighted by Gasteiger charge is 2.33. The number of ether oxygens (including phenoxy) is 2. The fraction of sp³-hybridized carbons (Fsp3) is 0.471. The van der Waals surface area contributed by atoms with Gasteiger partial charge in [0.15, 0.2) is 5.96 Å². The van der Waals surface area contributed by atoms with Crippen molar-refractivity contribution in [2.24, 2.45) is 10.4 Å². The number of hydrogen-bond donors (Lipinski definition) is 2. The van der Waals surface area contributed by atoms with Crippen LogP contribution < -0.4 is 15.4 Å². The van der Waals surface area contributed by atoms with Crippen molar-refractivity contribution in [3.63, 3.8) is 0 Å². The van der Waals surface area contributed by atoms with Gasteiger partial charge in [0, 0.05) is 31.1 Å². The molecular weight excluding hydrogens is 405 g/mol. The van der Waals surface area contributed by atoms with E-state index in [1.165, 1.54) is 0 Å². The maximum atomic E-state index is 5.66. The summed E-state index contributed by atoms with van der Waals surface area (Å²) in [5.74, 6) is 1.65. The molecular formula is C17H26IN3O2. The zero-order valence-corrected chi connectivity index (χ0v) is 16.1. The number of rotatable bonds is 7. The van der Waals surface area contributed by atoms with E-state index in [-0.39, 0.29) is 29.4 Å². The third kappa shape index (κ3) is 6.02. The topological polar surface area (TPSA) is 54.9 Å². The molecule has 1 saturated heterocycles. The molecule has 1 aliphatic heterocycles. The molecule has 0 radical (unpaired) electrons. The van der Waals surface area contributed by atoms with Crippen LogP contribution in [0.4, 0.5) is 0 Å². The van der Waals surface area contributed by atoms with Crippen LogP contribution in [0.25, 0.3) is 0 Å². The van der Waals surface area contributed by atoms with E-state index in [9.17, 15) is 0 Å². The van der Waals surface area contributed by atoms with Crippen LogP contribution in [-0.2, 0) is 11.3 Å². The predicted molar refractivity (Wildman–Crippen MR) is 105 cm³/mol. The first-order chi connectivity index (χ1) is 10.7. The molecule has 1 aromatic carbocycles. The molecule has 5 nitrogen and oxygen atoms in total. The molecule has 1 aromatic rings. The zero-order valence-electron chi connectivity index (χ0n) is 13.8. The molecule has 0 bridgehead atoms. The quantitative estimate of drug-likeness (QED) is 0.302. The van der Waals surface area contributed by atoms with E-state index in [0.717, 1.165) is 37.0 Å². The summed E-state index contributed by atoms with van der Waals surface area (Å²) in [5, 5.41) is 6.66. The molecule has 1 heterocycles. The summed E-state index contributed by atoms with van der Waals surface area (Å²) in [6.45, 7) is 9.48. The average Bonchev–Trinajstić information content (AvgIpc) is 2.52. The fourth-order valence-electron chi connectivity index (χ4n) is 2.19. The molecule has 0 atom stereocenters. The first-order valence-electron chi connectivity index (χ1n) is 7.51. The second kappa shape index (κ2) is 9.77. The minimum Gasteiger partial charge on any atom is -0.489 e. The molecule has 128 valence electrons. The van der Waals surface area contributed by atoms with Crippen LogP contribution in [0.5, 0.6) is 5.75 Å². The lowest BCUT2D eigenvalue weighted by Crippen LogP contribution is -2.50. The first kappa shape index (κ1) is 19.8. The molecule has 0 amide bonds. The molecule has 1 aliphatic rings. The summed E-state index contributed by atoms with van der Waals surface area (Å²) in [7, 11) is 1.77. The van der Waals surface area contributed by atoms with E-state index in [4.69, 9.17) is 9.47 Å². The number of benzene rings is 1. The van der Waals surface area contributed by atoms with Gasteiger partial charge >= 0.3 is 0 Å². The van der Waals surface area contributed by atoms with Crippen LogP contribution in [0.15, 0.2) is 41.9 Å². The number of aliphatic imine (C=N–C) groups is 1. The van der Waals surface area contributed by atoms with Gasteiger partial charge in [0.05, 0.1) is 13.2 Å². The van der Waals surface area contributed by atoms with E-state index in [1.807, 2.05) is 24.3 Å². The minimum atomic E-state index is 0. The van der Waals surface area contributed by atoms with E-state index in [1.54, 1.807) is 13.1 Å². The normalized spacial score (nSPS) is 15.8. The number of guanidine groups is 1. The van der Waals surface area contributed by atoms with Crippen molar-refractivity contribution < 1.29 is 9.47 Å². The molecule has 23 heavy (non-hydrogen) atoms. The molecule has 1 fully saturated rings. The number of halogens is 1. The van der Waals surface area contributed by atoms with Gasteiger partial charge in [-0.25, -0.2) is 0 Å². The van der Waals surface area contributed by atoms with Crippen LogP contribution in [0, 0.1) is 5.41 Å². The molecule has 0 saturated carbocycles. The number of para-hydroxylation sites is 1. The SMILES string of the molecule is C=CCOc1ccccc1CNC(=NC)NCC1(C)COC1.I. The second-order valence-corrected chi connectivity index (χ2v) is 5.79. The van der Waals surface area contributed by atoms with Gasteiger partial charge in [0.25, 0.3) is 0 Å². The van der Waals surface area contributed by atoms with Crippen molar-refractivity contribution in [1.82, 2.24) is 10.6 Å². The van der Waals surface area contributed by atoms with Gasteiger partial charge in [0.1, 0.15) is 12.4 Å². The third-order valence-corrected chi connectivity index (χ3v) is 3.58. The Morgan fingerprint density at radius 3 is 2.74 bits per heavy atom. The standard InChI is InChI=1S/C17H25N3O2.HI/c1-4-9-22-15-8-6-5-7-14(15)10-19-16(18-3)20-11-17(2)12-21-13-17;/h4-8H,1,9-13H2,2-3H3,(H2,18,19,20);1H. The summed E-state index contributed by atoms with van der Waals surface area (Å²) in [5.41, 5.74) is 1.30. The highest BCUT2D eigenvalue weighted by atomic mass is 127. The largest absolute Gasteiger partial charge is 0.489 e. The molecule has 0 spiro atoms. The molecule has 6 heteroatoms. The zero-order chi connectivity index (χ0) is 15.8. The number of nitrogens with one attached hydrogen (secondary N) is 2. The summed E-state index contributed by atoms with van der Waals surface area (Å²) in [6, 6.07) is 7.97. The Morgan fingerprint density at radius 1 is 1.39 bits per heavy atom. The van der Waals surface area contributed by atoms with Crippen molar-refractivity contribution in [2.45, 2.75) is 13.5 Å². The van der Waals surface area contributed by atoms with Gasteiger partial charge in [-0.3, -0.25) is 4.99 Å². The molecule has 0 unspecified atom stereocenters. The molecule has 2 rings (SSSR count). The highest BCUT2D eigenvalue weighted by molar-refractivity contribution is 14.0. The summed E-state index contributed by atoms with van der Waals surface area (Å²) >= 11 is 0. The van der Waals surface area contributed by atoms with E-state index in [2.05, 4.69) is 29.1 Å². The number of hydrogen-bond acceptors (Lipinski definition) is 3. The Hall–Kier alpha value is -1.28. The summed E-state index contributed by atoms with van der Waals surface area (Å²) in [4.78, 5) is 4.25. The van der Waals surface area contributed by atoms with E-state index < -0.39 is 0 Å². The lowest BCUT2D eigenvalue weighted by atomic mass is 9.89. The fourth-order valence-corrected chi connectivity index (χ4v) is 2.19. The third-order valence-electron chi connectivity index (χ3n) is 3.58.